The molecule has 144 valence electrons. The van der Waals surface area contributed by atoms with E-state index in [0.717, 1.165) is 35.7 Å². The van der Waals surface area contributed by atoms with Crippen LogP contribution in [0.5, 0.6) is 5.75 Å². The molecule has 2 aromatic carbocycles. The van der Waals surface area contributed by atoms with Crippen molar-refractivity contribution in [1.82, 2.24) is 9.88 Å². The van der Waals surface area contributed by atoms with Gasteiger partial charge in [0.25, 0.3) is 0 Å². The van der Waals surface area contributed by atoms with Crippen LogP contribution in [0.15, 0.2) is 70.5 Å². The Labute approximate surface area is 169 Å². The largest absolute Gasteiger partial charge is 0.497 e. The third-order valence-electron chi connectivity index (χ3n) is 4.92. The molecular formula is C23H24N2O2S. The normalized spacial score (nSPS) is 12.5. The number of methoxy groups -OCH3 is 1. The molecule has 0 saturated heterocycles. The minimum absolute atomic E-state index is 0.357. The van der Waals surface area contributed by atoms with Crippen molar-refractivity contribution in [2.24, 2.45) is 0 Å². The molecule has 1 atom stereocenters. The van der Waals surface area contributed by atoms with E-state index in [1.54, 1.807) is 7.11 Å². The second-order valence-corrected chi connectivity index (χ2v) is 7.99. The summed E-state index contributed by atoms with van der Waals surface area (Å²) in [5.41, 5.74) is 3.00. The van der Waals surface area contributed by atoms with E-state index >= 15 is 0 Å². The zero-order chi connectivity index (χ0) is 19.3. The molecule has 0 aliphatic rings. The lowest BCUT2D eigenvalue weighted by molar-refractivity contribution is 0.173. The third kappa shape index (κ3) is 4.43. The van der Waals surface area contributed by atoms with Crippen molar-refractivity contribution in [3.63, 3.8) is 0 Å². The fraction of sp³-hybridized carbons (Fsp3) is 0.261. The Morgan fingerprint density at radius 3 is 2.57 bits per heavy atom. The lowest BCUT2D eigenvalue weighted by Gasteiger charge is -2.28. The number of hydrogen-bond acceptors (Lipinski definition) is 5. The van der Waals surface area contributed by atoms with Crippen LogP contribution in [0.2, 0.25) is 0 Å². The van der Waals surface area contributed by atoms with Crippen LogP contribution in [-0.2, 0) is 19.5 Å². The van der Waals surface area contributed by atoms with Crippen LogP contribution in [0.4, 0.5) is 0 Å². The van der Waals surface area contributed by atoms with Crippen molar-refractivity contribution in [3.05, 3.63) is 82.4 Å². The fourth-order valence-corrected chi connectivity index (χ4v) is 4.17. The molecule has 0 aliphatic heterocycles. The van der Waals surface area contributed by atoms with E-state index in [1.807, 2.05) is 47.7 Å². The number of nitrogens with zero attached hydrogens (tertiary/aromatic N) is 2. The average molecular weight is 393 g/mol. The summed E-state index contributed by atoms with van der Waals surface area (Å²) in [7, 11) is 1.69. The van der Waals surface area contributed by atoms with Crippen LogP contribution in [0.3, 0.4) is 0 Å². The summed E-state index contributed by atoms with van der Waals surface area (Å²) in [5.74, 6) is 1.63. The predicted molar refractivity (Wildman–Crippen MR) is 114 cm³/mol. The van der Waals surface area contributed by atoms with Gasteiger partial charge in [0.2, 0.25) is 5.89 Å². The molecule has 5 heteroatoms. The van der Waals surface area contributed by atoms with Crippen molar-refractivity contribution in [1.29, 1.82) is 0 Å². The topological polar surface area (TPSA) is 38.5 Å². The molecule has 1 unspecified atom stereocenters. The standard InChI is InChI=1S/C23H24N2O2S/c1-17(14-20-6-5-13-28-20)25(15-18-9-11-19(26-2)12-10-18)16-23-24-21-7-3-4-8-22(21)27-23/h3-13,17H,14-16H2,1-2H3. The summed E-state index contributed by atoms with van der Waals surface area (Å²) in [6, 6.07) is 20.9. The third-order valence-corrected chi connectivity index (χ3v) is 5.82. The number of hydrogen-bond donors (Lipinski definition) is 0. The monoisotopic (exact) mass is 392 g/mol. The highest BCUT2D eigenvalue weighted by Crippen LogP contribution is 2.22. The zero-order valence-corrected chi connectivity index (χ0v) is 17.0. The van der Waals surface area contributed by atoms with E-state index in [4.69, 9.17) is 9.15 Å². The SMILES string of the molecule is COc1ccc(CN(Cc2nc3ccccc3o2)C(C)Cc2cccs2)cc1. The predicted octanol–water partition coefficient (Wildman–Crippen LogP) is 5.53. The number of fused-ring (bicyclic) bond motifs is 1. The molecule has 0 saturated carbocycles. The molecule has 2 aromatic heterocycles. The van der Waals surface area contributed by atoms with Gasteiger partial charge in [-0.05, 0) is 54.6 Å². The highest BCUT2D eigenvalue weighted by molar-refractivity contribution is 7.09. The summed E-state index contributed by atoms with van der Waals surface area (Å²) in [6.07, 6.45) is 1.01. The van der Waals surface area contributed by atoms with Gasteiger partial charge in [-0.15, -0.1) is 11.3 Å². The molecule has 0 bridgehead atoms. The summed E-state index contributed by atoms with van der Waals surface area (Å²) in [4.78, 5) is 8.49. The van der Waals surface area contributed by atoms with Crippen LogP contribution >= 0.6 is 11.3 Å². The number of thiophene rings is 1. The maximum atomic E-state index is 5.99. The fourth-order valence-electron chi connectivity index (χ4n) is 3.34. The molecule has 4 rings (SSSR count). The first-order valence-electron chi connectivity index (χ1n) is 9.45. The molecular weight excluding hydrogens is 368 g/mol. The highest BCUT2D eigenvalue weighted by atomic mass is 32.1. The Hall–Kier alpha value is -2.63. The number of ether oxygens (including phenoxy) is 1. The Morgan fingerprint density at radius 2 is 1.86 bits per heavy atom. The average Bonchev–Trinajstić information content (AvgIpc) is 3.37. The van der Waals surface area contributed by atoms with Gasteiger partial charge in [0.05, 0.1) is 13.7 Å². The van der Waals surface area contributed by atoms with Gasteiger partial charge in [0.1, 0.15) is 11.3 Å². The number of oxazole rings is 1. The first kappa shape index (κ1) is 18.7. The lowest BCUT2D eigenvalue weighted by atomic mass is 10.1. The van der Waals surface area contributed by atoms with Crippen molar-refractivity contribution in [2.45, 2.75) is 32.5 Å². The Bertz CT molecular complexity index is 976. The zero-order valence-electron chi connectivity index (χ0n) is 16.2. The van der Waals surface area contributed by atoms with Gasteiger partial charge in [-0.3, -0.25) is 4.90 Å². The number of benzene rings is 2. The van der Waals surface area contributed by atoms with Crippen molar-refractivity contribution >= 4 is 22.4 Å². The van der Waals surface area contributed by atoms with E-state index < -0.39 is 0 Å². The number of para-hydroxylation sites is 2. The van der Waals surface area contributed by atoms with E-state index in [1.165, 1.54) is 10.4 Å². The minimum Gasteiger partial charge on any atom is -0.497 e. The van der Waals surface area contributed by atoms with Gasteiger partial charge in [-0.1, -0.05) is 30.3 Å². The lowest BCUT2D eigenvalue weighted by Crippen LogP contribution is -2.33. The van der Waals surface area contributed by atoms with Crippen LogP contribution in [0.1, 0.15) is 23.3 Å². The van der Waals surface area contributed by atoms with Crippen molar-refractivity contribution < 1.29 is 9.15 Å². The molecule has 4 nitrogen and oxygen atoms in total. The molecule has 0 N–H and O–H groups in total. The van der Waals surface area contributed by atoms with Crippen LogP contribution < -0.4 is 4.74 Å². The van der Waals surface area contributed by atoms with Crippen LogP contribution in [-0.4, -0.2) is 23.0 Å². The van der Waals surface area contributed by atoms with Crippen LogP contribution in [0, 0.1) is 0 Å². The number of aromatic nitrogens is 1. The van der Waals surface area contributed by atoms with Gasteiger partial charge in [0.15, 0.2) is 5.58 Å². The van der Waals surface area contributed by atoms with Crippen molar-refractivity contribution in [2.75, 3.05) is 7.11 Å². The summed E-state index contributed by atoms with van der Waals surface area (Å²) in [6.45, 7) is 3.77. The van der Waals surface area contributed by atoms with E-state index in [9.17, 15) is 0 Å². The molecule has 0 radical (unpaired) electrons. The van der Waals surface area contributed by atoms with Gasteiger partial charge in [0, 0.05) is 17.5 Å². The molecule has 0 spiro atoms. The molecule has 4 aromatic rings. The quantitative estimate of drug-likeness (QED) is 0.395. The summed E-state index contributed by atoms with van der Waals surface area (Å²) >= 11 is 1.81. The van der Waals surface area contributed by atoms with Gasteiger partial charge in [-0.25, -0.2) is 4.98 Å². The minimum atomic E-state index is 0.357. The first-order valence-corrected chi connectivity index (χ1v) is 10.3. The van der Waals surface area contributed by atoms with E-state index in [2.05, 4.69) is 46.5 Å². The molecule has 28 heavy (non-hydrogen) atoms. The first-order chi connectivity index (χ1) is 13.7. The maximum absolute atomic E-state index is 5.99. The van der Waals surface area contributed by atoms with E-state index in [-0.39, 0.29) is 0 Å². The smallest absolute Gasteiger partial charge is 0.209 e. The van der Waals surface area contributed by atoms with Gasteiger partial charge in [-0.2, -0.15) is 0 Å². The Kier molecular flexibility index (Phi) is 5.74. The van der Waals surface area contributed by atoms with E-state index in [0.29, 0.717) is 12.6 Å². The van der Waals surface area contributed by atoms with Crippen molar-refractivity contribution in [3.8, 4) is 5.75 Å². The highest BCUT2D eigenvalue weighted by Gasteiger charge is 2.19. The maximum Gasteiger partial charge on any atom is 0.209 e. The summed E-state index contributed by atoms with van der Waals surface area (Å²) < 4.78 is 11.3. The Balaban J connectivity index is 1.55. The molecule has 0 fully saturated rings. The molecule has 0 aliphatic carbocycles. The van der Waals surface area contributed by atoms with Gasteiger partial charge < -0.3 is 9.15 Å². The second-order valence-electron chi connectivity index (χ2n) is 6.96. The molecule has 2 heterocycles. The summed E-state index contributed by atoms with van der Waals surface area (Å²) in [5, 5.41) is 2.14. The number of rotatable bonds is 8. The van der Waals surface area contributed by atoms with Crippen LogP contribution in [0.25, 0.3) is 11.1 Å². The molecule has 0 amide bonds. The second kappa shape index (κ2) is 8.59. The Morgan fingerprint density at radius 1 is 1.04 bits per heavy atom. The van der Waals surface area contributed by atoms with Gasteiger partial charge >= 0.3 is 0 Å².